The summed E-state index contributed by atoms with van der Waals surface area (Å²) in [6.45, 7) is 6.51. The first-order chi connectivity index (χ1) is 10.4. The standard InChI is InChI=1S/C15H22N4O2S/c1-10-16-12(9-22-10)8-19-6-4-5-11(7-19)15(2)13(20)18(3)14(21)17-15/h9,11H,4-8H2,1-3H3,(H,17,21)/t11-,15-/m0/s1. The van der Waals surface area contributed by atoms with Crippen molar-refractivity contribution in [3.05, 3.63) is 16.1 Å². The van der Waals surface area contributed by atoms with Crippen LogP contribution in [0.2, 0.25) is 0 Å². The summed E-state index contributed by atoms with van der Waals surface area (Å²) < 4.78 is 0. The topological polar surface area (TPSA) is 65.5 Å². The molecule has 3 heterocycles. The van der Waals surface area contributed by atoms with E-state index in [0.717, 1.165) is 43.2 Å². The summed E-state index contributed by atoms with van der Waals surface area (Å²) in [6, 6.07) is -0.292. The number of hydrogen-bond acceptors (Lipinski definition) is 5. The number of urea groups is 1. The van der Waals surface area contributed by atoms with Crippen LogP contribution in [0.15, 0.2) is 5.38 Å². The van der Waals surface area contributed by atoms with Crippen LogP contribution in [0, 0.1) is 12.8 Å². The van der Waals surface area contributed by atoms with E-state index < -0.39 is 5.54 Å². The Bertz CT molecular complexity index is 602. The highest BCUT2D eigenvalue weighted by Gasteiger charge is 2.51. The number of nitrogens with one attached hydrogen (secondary N) is 1. The summed E-state index contributed by atoms with van der Waals surface area (Å²) in [6.07, 6.45) is 2.00. The number of likely N-dealkylation sites (N-methyl/N-ethyl adjacent to an activating group) is 1. The van der Waals surface area contributed by atoms with Crippen LogP contribution >= 0.6 is 11.3 Å². The fourth-order valence-electron chi connectivity index (χ4n) is 3.46. The van der Waals surface area contributed by atoms with Gasteiger partial charge in [0.2, 0.25) is 0 Å². The minimum absolute atomic E-state index is 0.117. The summed E-state index contributed by atoms with van der Waals surface area (Å²) in [5.41, 5.74) is 0.315. The van der Waals surface area contributed by atoms with Gasteiger partial charge in [-0.3, -0.25) is 14.6 Å². The van der Waals surface area contributed by atoms with E-state index in [9.17, 15) is 9.59 Å². The van der Waals surface area contributed by atoms with Crippen molar-refractivity contribution in [1.82, 2.24) is 20.1 Å². The second-order valence-corrected chi connectivity index (χ2v) is 7.49. The van der Waals surface area contributed by atoms with Gasteiger partial charge in [0, 0.05) is 31.4 Å². The van der Waals surface area contributed by atoms with Crippen molar-refractivity contribution in [2.75, 3.05) is 20.1 Å². The third-order valence-corrected chi connectivity index (χ3v) is 5.62. The van der Waals surface area contributed by atoms with Gasteiger partial charge in [-0.05, 0) is 33.2 Å². The molecular formula is C15H22N4O2S. The number of imide groups is 1. The fraction of sp³-hybridized carbons (Fsp3) is 0.667. The summed E-state index contributed by atoms with van der Waals surface area (Å²) in [4.78, 5) is 32.3. The van der Waals surface area contributed by atoms with Gasteiger partial charge in [-0.1, -0.05) is 0 Å². The lowest BCUT2D eigenvalue weighted by atomic mass is 9.80. The molecule has 3 amide bonds. The van der Waals surface area contributed by atoms with E-state index in [4.69, 9.17) is 0 Å². The third kappa shape index (κ3) is 2.63. The van der Waals surface area contributed by atoms with Crippen molar-refractivity contribution in [2.45, 2.75) is 38.8 Å². The minimum atomic E-state index is -0.775. The minimum Gasteiger partial charge on any atom is -0.323 e. The van der Waals surface area contributed by atoms with Gasteiger partial charge >= 0.3 is 6.03 Å². The van der Waals surface area contributed by atoms with Gasteiger partial charge in [0.15, 0.2) is 0 Å². The molecule has 1 aromatic heterocycles. The quantitative estimate of drug-likeness (QED) is 0.859. The molecule has 1 aromatic rings. The van der Waals surface area contributed by atoms with Crippen molar-refractivity contribution in [3.8, 4) is 0 Å². The van der Waals surface area contributed by atoms with Crippen LogP contribution in [0.25, 0.3) is 0 Å². The molecule has 0 aliphatic carbocycles. The molecule has 2 aliphatic heterocycles. The van der Waals surface area contributed by atoms with Gasteiger partial charge in [0.1, 0.15) is 5.54 Å². The van der Waals surface area contributed by atoms with Crippen molar-refractivity contribution in [1.29, 1.82) is 0 Å². The van der Waals surface area contributed by atoms with Gasteiger partial charge in [-0.25, -0.2) is 9.78 Å². The first-order valence-electron chi connectivity index (χ1n) is 7.64. The molecule has 0 bridgehead atoms. The maximum Gasteiger partial charge on any atom is 0.324 e. The summed E-state index contributed by atoms with van der Waals surface area (Å²) in [7, 11) is 1.54. The van der Waals surface area contributed by atoms with Crippen LogP contribution in [-0.4, -0.2) is 52.4 Å². The molecule has 3 rings (SSSR count). The van der Waals surface area contributed by atoms with Gasteiger partial charge in [-0.15, -0.1) is 11.3 Å². The molecule has 0 unspecified atom stereocenters. The molecular weight excluding hydrogens is 300 g/mol. The number of piperidine rings is 1. The molecule has 2 saturated heterocycles. The molecule has 7 heteroatoms. The van der Waals surface area contributed by atoms with Gasteiger partial charge in [0.25, 0.3) is 5.91 Å². The molecule has 22 heavy (non-hydrogen) atoms. The normalized spacial score (nSPS) is 30.0. The molecule has 0 spiro atoms. The van der Waals surface area contributed by atoms with E-state index in [2.05, 4.69) is 20.6 Å². The third-order valence-electron chi connectivity index (χ3n) is 4.79. The Labute approximate surface area is 134 Å². The molecule has 2 aliphatic rings. The summed E-state index contributed by atoms with van der Waals surface area (Å²) >= 11 is 1.66. The van der Waals surface area contributed by atoms with E-state index in [1.807, 2.05) is 13.8 Å². The monoisotopic (exact) mass is 322 g/mol. The number of hydrogen-bond donors (Lipinski definition) is 1. The lowest BCUT2D eigenvalue weighted by Gasteiger charge is -2.39. The van der Waals surface area contributed by atoms with Gasteiger partial charge in [0.05, 0.1) is 10.7 Å². The van der Waals surface area contributed by atoms with E-state index in [-0.39, 0.29) is 17.9 Å². The number of thiazole rings is 1. The lowest BCUT2D eigenvalue weighted by molar-refractivity contribution is -0.132. The predicted molar refractivity (Wildman–Crippen MR) is 84.6 cm³/mol. The SMILES string of the molecule is Cc1nc(CN2CCC[C@H]([C@]3(C)NC(=O)N(C)C3=O)C2)cs1. The Balaban J connectivity index is 1.70. The fourth-order valence-corrected chi connectivity index (χ4v) is 4.06. The number of carbonyl (C=O) groups is 2. The number of carbonyl (C=O) groups excluding carboxylic acids is 2. The van der Waals surface area contributed by atoms with E-state index in [1.54, 1.807) is 18.4 Å². The summed E-state index contributed by atoms with van der Waals surface area (Å²) in [5, 5.41) is 6.06. The van der Waals surface area contributed by atoms with Crippen molar-refractivity contribution in [2.24, 2.45) is 5.92 Å². The highest BCUT2D eigenvalue weighted by molar-refractivity contribution is 7.09. The molecule has 2 fully saturated rings. The van der Waals surface area contributed by atoms with Crippen molar-refractivity contribution >= 4 is 23.3 Å². The molecule has 120 valence electrons. The first kappa shape index (κ1) is 15.4. The van der Waals surface area contributed by atoms with Gasteiger partial charge in [-0.2, -0.15) is 0 Å². The highest BCUT2D eigenvalue weighted by Crippen LogP contribution is 2.32. The largest absolute Gasteiger partial charge is 0.324 e. The Hall–Kier alpha value is -1.47. The van der Waals surface area contributed by atoms with Crippen LogP contribution in [0.5, 0.6) is 0 Å². The van der Waals surface area contributed by atoms with E-state index in [1.165, 1.54) is 4.90 Å². The van der Waals surface area contributed by atoms with Crippen molar-refractivity contribution in [3.63, 3.8) is 0 Å². The number of amides is 3. The van der Waals surface area contributed by atoms with Crippen LogP contribution in [0.4, 0.5) is 4.79 Å². The van der Waals surface area contributed by atoms with E-state index in [0.29, 0.717) is 0 Å². The van der Waals surface area contributed by atoms with Crippen LogP contribution < -0.4 is 5.32 Å². The zero-order chi connectivity index (χ0) is 15.9. The van der Waals surface area contributed by atoms with Crippen LogP contribution in [0.3, 0.4) is 0 Å². The zero-order valence-corrected chi connectivity index (χ0v) is 14.1. The molecule has 2 atom stereocenters. The Morgan fingerprint density at radius 1 is 1.50 bits per heavy atom. The maximum absolute atomic E-state index is 12.4. The highest BCUT2D eigenvalue weighted by atomic mass is 32.1. The number of aromatic nitrogens is 1. The lowest BCUT2D eigenvalue weighted by Crippen LogP contribution is -2.55. The maximum atomic E-state index is 12.4. The smallest absolute Gasteiger partial charge is 0.323 e. The number of aryl methyl sites for hydroxylation is 1. The number of likely N-dealkylation sites (tertiary alicyclic amines) is 1. The van der Waals surface area contributed by atoms with Crippen molar-refractivity contribution < 1.29 is 9.59 Å². The number of rotatable bonds is 3. The molecule has 0 saturated carbocycles. The summed E-state index contributed by atoms with van der Waals surface area (Å²) in [5.74, 6) is 0.0243. The zero-order valence-electron chi connectivity index (χ0n) is 13.3. The van der Waals surface area contributed by atoms with Crippen LogP contribution in [0.1, 0.15) is 30.5 Å². The average molecular weight is 322 g/mol. The Morgan fingerprint density at radius 3 is 2.86 bits per heavy atom. The van der Waals surface area contributed by atoms with Gasteiger partial charge < -0.3 is 5.32 Å². The predicted octanol–water partition coefficient (Wildman–Crippen LogP) is 1.60. The molecule has 6 nitrogen and oxygen atoms in total. The Kier molecular flexibility index (Phi) is 3.94. The molecule has 0 radical (unpaired) electrons. The second-order valence-electron chi connectivity index (χ2n) is 6.43. The molecule has 0 aromatic carbocycles. The van der Waals surface area contributed by atoms with E-state index >= 15 is 0 Å². The molecule has 1 N–H and O–H groups in total. The van der Waals surface area contributed by atoms with Crippen LogP contribution in [-0.2, 0) is 11.3 Å². The average Bonchev–Trinajstić information content (AvgIpc) is 2.98. The number of nitrogens with zero attached hydrogens (tertiary/aromatic N) is 3. The second kappa shape index (κ2) is 5.62. The Morgan fingerprint density at radius 2 is 2.27 bits per heavy atom. The first-order valence-corrected chi connectivity index (χ1v) is 8.52.